The molecule has 2 fully saturated rings. The van der Waals surface area contributed by atoms with Crippen molar-refractivity contribution in [3.8, 4) is 0 Å². The first-order valence-electron chi connectivity index (χ1n) is 27.2. The van der Waals surface area contributed by atoms with Crippen molar-refractivity contribution in [2.45, 2.75) is 224 Å². The van der Waals surface area contributed by atoms with E-state index in [2.05, 4.69) is 21.3 Å². The summed E-state index contributed by atoms with van der Waals surface area (Å²) in [5, 5.41) is 29.0. The number of nitrogens with one attached hydrogen (secondary N) is 4. The first kappa shape index (κ1) is 59.3. The molecule has 0 spiro atoms. The number of ether oxygens (including phenoxy) is 2. The Hall–Kier alpha value is -4.01. The SMILES string of the molecule is O=C(O)CCC(NC(=O)c1ccc(NC(=O)CCSCC(COC(=O)NCCCCCCCCCCCC2CCCCC2)OC(=O)NCCCCCCCCCCCC2CCCCC2)cc1)C(=O)O. The summed E-state index contributed by atoms with van der Waals surface area (Å²) in [5.41, 5.74) is 0.581. The summed E-state index contributed by atoms with van der Waals surface area (Å²) >= 11 is 1.39. The van der Waals surface area contributed by atoms with Gasteiger partial charge in [-0.25, -0.2) is 14.4 Å². The van der Waals surface area contributed by atoms with Gasteiger partial charge in [-0.15, -0.1) is 0 Å². The first-order chi connectivity index (χ1) is 33.6. The molecule has 3 rings (SSSR count). The molecular weight excluding hydrogens is 897 g/mol. The summed E-state index contributed by atoms with van der Waals surface area (Å²) in [6.45, 7) is 0.904. The van der Waals surface area contributed by atoms with Crippen LogP contribution in [-0.2, 0) is 23.9 Å². The maximum absolute atomic E-state index is 12.8. The second kappa shape index (κ2) is 38.7. The fourth-order valence-electron chi connectivity index (χ4n) is 9.53. The molecule has 4 amide bonds. The predicted octanol–water partition coefficient (Wildman–Crippen LogP) is 12.6. The van der Waals surface area contributed by atoms with Crippen molar-refractivity contribution in [1.29, 1.82) is 0 Å². The predicted molar refractivity (Wildman–Crippen MR) is 276 cm³/mol. The van der Waals surface area contributed by atoms with Crippen LogP contribution in [0.5, 0.6) is 0 Å². The van der Waals surface area contributed by atoms with Gasteiger partial charge in [0.2, 0.25) is 5.91 Å². The number of unbranched alkanes of at least 4 members (excludes halogenated alkanes) is 16. The molecule has 0 saturated heterocycles. The van der Waals surface area contributed by atoms with Gasteiger partial charge >= 0.3 is 24.1 Å². The number of hydrogen-bond acceptors (Lipinski definition) is 9. The van der Waals surface area contributed by atoms with Gasteiger partial charge in [0, 0.05) is 48.7 Å². The summed E-state index contributed by atoms with van der Waals surface area (Å²) in [6.07, 6.45) is 36.7. The molecule has 0 aromatic heterocycles. The van der Waals surface area contributed by atoms with Crippen LogP contribution in [0.15, 0.2) is 24.3 Å². The van der Waals surface area contributed by atoms with Gasteiger partial charge in [-0.05, 0) is 55.4 Å². The molecule has 2 unspecified atom stereocenters. The van der Waals surface area contributed by atoms with E-state index in [4.69, 9.17) is 14.6 Å². The lowest BCUT2D eigenvalue weighted by molar-refractivity contribution is -0.140. The second-order valence-electron chi connectivity index (χ2n) is 19.7. The second-order valence-corrected chi connectivity index (χ2v) is 20.8. The highest BCUT2D eigenvalue weighted by atomic mass is 32.2. The van der Waals surface area contributed by atoms with Gasteiger partial charge in [-0.1, -0.05) is 180 Å². The van der Waals surface area contributed by atoms with Crippen LogP contribution >= 0.6 is 11.8 Å². The van der Waals surface area contributed by atoms with E-state index in [1.54, 1.807) is 0 Å². The number of anilines is 1. The maximum Gasteiger partial charge on any atom is 0.407 e. The van der Waals surface area contributed by atoms with Gasteiger partial charge in [0.15, 0.2) is 0 Å². The molecule has 0 bridgehead atoms. The molecule has 1 aromatic rings. The monoisotopic (exact) mass is 987 g/mol. The lowest BCUT2D eigenvalue weighted by atomic mass is 9.85. The number of benzene rings is 1. The Morgan fingerprint density at radius 2 is 1.07 bits per heavy atom. The third kappa shape index (κ3) is 31.1. The summed E-state index contributed by atoms with van der Waals surface area (Å²) in [5.74, 6) is -0.790. The van der Waals surface area contributed by atoms with Crippen LogP contribution in [0.25, 0.3) is 0 Å². The van der Waals surface area contributed by atoms with Crippen molar-refractivity contribution in [2.75, 3.05) is 36.5 Å². The van der Waals surface area contributed by atoms with E-state index in [-0.39, 0.29) is 30.9 Å². The van der Waals surface area contributed by atoms with E-state index in [1.165, 1.54) is 190 Å². The van der Waals surface area contributed by atoms with Crippen molar-refractivity contribution >= 4 is 53.4 Å². The minimum atomic E-state index is -1.35. The van der Waals surface area contributed by atoms with Gasteiger partial charge in [0.05, 0.1) is 0 Å². The van der Waals surface area contributed by atoms with Crippen LogP contribution < -0.4 is 21.3 Å². The third-order valence-corrected chi connectivity index (χ3v) is 14.8. The molecule has 2 atom stereocenters. The molecule has 2 aliphatic rings. The van der Waals surface area contributed by atoms with E-state index in [9.17, 15) is 33.9 Å². The van der Waals surface area contributed by atoms with Crippen LogP contribution in [-0.4, -0.2) is 89.5 Å². The summed E-state index contributed by atoms with van der Waals surface area (Å²) in [4.78, 5) is 73.0. The zero-order valence-corrected chi connectivity index (χ0v) is 42.9. The Kier molecular flexibility index (Phi) is 33.3. The molecule has 1 aromatic carbocycles. The van der Waals surface area contributed by atoms with Gasteiger partial charge in [-0.2, -0.15) is 11.8 Å². The van der Waals surface area contributed by atoms with Crippen molar-refractivity contribution < 1.29 is 48.5 Å². The third-order valence-electron chi connectivity index (χ3n) is 13.7. The smallest absolute Gasteiger partial charge is 0.407 e. The number of rotatable bonds is 39. The van der Waals surface area contributed by atoms with Gasteiger partial charge < -0.3 is 41.0 Å². The highest BCUT2D eigenvalue weighted by Gasteiger charge is 2.22. The van der Waals surface area contributed by atoms with Crippen LogP contribution in [0.4, 0.5) is 15.3 Å². The minimum absolute atomic E-state index is 0.119. The molecule has 2 saturated carbocycles. The molecule has 69 heavy (non-hydrogen) atoms. The first-order valence-corrected chi connectivity index (χ1v) is 28.3. The topological polar surface area (TPSA) is 209 Å². The highest BCUT2D eigenvalue weighted by molar-refractivity contribution is 7.99. The van der Waals surface area contributed by atoms with E-state index >= 15 is 0 Å². The van der Waals surface area contributed by atoms with E-state index in [0.717, 1.165) is 50.4 Å². The highest BCUT2D eigenvalue weighted by Crippen LogP contribution is 2.29. The quantitative estimate of drug-likeness (QED) is 0.0342. The molecule has 6 N–H and O–H groups in total. The molecular formula is C54H90N4O10S. The van der Waals surface area contributed by atoms with Gasteiger partial charge in [-0.3, -0.25) is 14.4 Å². The Labute approximate surface area is 418 Å². The molecule has 392 valence electrons. The van der Waals surface area contributed by atoms with Crippen molar-refractivity contribution in [2.24, 2.45) is 11.8 Å². The van der Waals surface area contributed by atoms with Crippen molar-refractivity contribution in [3.63, 3.8) is 0 Å². The van der Waals surface area contributed by atoms with Gasteiger partial charge in [0.1, 0.15) is 18.8 Å². The number of carbonyl (C=O) groups is 6. The standard InChI is InChI=1S/C54H90N4O10S/c59-49(57-46-33-31-45(32-34-46)51(62)58-48(52(63)64)35-36-50(60)61)37-40-69-42-47(68-54(66)56-39-24-14-10-6-2-4-8-12-18-26-44-29-21-16-22-30-44)41-67-53(65)55-38-23-13-9-5-1-3-7-11-17-25-43-27-19-15-20-28-43/h31-34,43-44,47-48H,1-30,35-42H2,(H,55,65)(H,56,66)(H,57,59)(H,58,62)(H,60,61)(H,63,64). The fourth-order valence-corrected chi connectivity index (χ4v) is 10.5. The van der Waals surface area contributed by atoms with Crippen molar-refractivity contribution in [1.82, 2.24) is 16.0 Å². The molecule has 15 heteroatoms. The summed E-state index contributed by atoms with van der Waals surface area (Å²) in [6, 6.07) is 4.54. The molecule has 0 radical (unpaired) electrons. The molecule has 0 aliphatic heterocycles. The van der Waals surface area contributed by atoms with E-state index < -0.39 is 48.6 Å². The molecule has 2 aliphatic carbocycles. The molecule has 14 nitrogen and oxygen atoms in total. The average molecular weight is 987 g/mol. The number of carbonyl (C=O) groups excluding carboxylic acids is 4. The van der Waals surface area contributed by atoms with E-state index in [1.807, 2.05) is 0 Å². The lowest BCUT2D eigenvalue weighted by Gasteiger charge is -2.21. The fraction of sp³-hybridized carbons (Fsp3) is 0.778. The number of amides is 4. The van der Waals surface area contributed by atoms with Crippen LogP contribution in [0.1, 0.15) is 222 Å². The van der Waals surface area contributed by atoms with Crippen molar-refractivity contribution in [3.05, 3.63) is 29.8 Å². The Balaban J connectivity index is 1.30. The number of alkyl carbamates (subject to hydrolysis) is 2. The summed E-state index contributed by atoms with van der Waals surface area (Å²) < 4.78 is 11.2. The number of carboxylic acids is 2. The maximum atomic E-state index is 12.8. The normalized spacial score (nSPS) is 15.1. The number of thioether (sulfide) groups is 1. The van der Waals surface area contributed by atoms with Crippen LogP contribution in [0.2, 0.25) is 0 Å². The lowest BCUT2D eigenvalue weighted by Crippen LogP contribution is -2.41. The zero-order chi connectivity index (χ0) is 49.6. The number of carboxylic acid groups (broad SMARTS) is 2. The van der Waals surface area contributed by atoms with E-state index in [0.29, 0.717) is 30.3 Å². The minimum Gasteiger partial charge on any atom is -0.481 e. The Morgan fingerprint density at radius 1 is 0.594 bits per heavy atom. The van der Waals surface area contributed by atoms with Crippen LogP contribution in [0.3, 0.4) is 0 Å². The number of hydrogen-bond donors (Lipinski definition) is 6. The number of aliphatic carboxylic acids is 2. The van der Waals surface area contributed by atoms with Gasteiger partial charge in [0.25, 0.3) is 5.91 Å². The zero-order valence-electron chi connectivity index (χ0n) is 42.1. The largest absolute Gasteiger partial charge is 0.481 e. The molecule has 0 heterocycles. The summed E-state index contributed by atoms with van der Waals surface area (Å²) in [7, 11) is 0. The Bertz CT molecular complexity index is 1570. The average Bonchev–Trinajstić information content (AvgIpc) is 3.34. The Morgan fingerprint density at radius 3 is 1.57 bits per heavy atom. The van der Waals surface area contributed by atoms with Crippen LogP contribution in [0, 0.1) is 11.8 Å².